The number of rotatable bonds is 5. The zero-order chi connectivity index (χ0) is 20.1. The van der Waals surface area contributed by atoms with Gasteiger partial charge in [-0.15, -0.1) is 35.3 Å². The van der Waals surface area contributed by atoms with Gasteiger partial charge >= 0.3 is 0 Å². The third-order valence-corrected chi connectivity index (χ3v) is 6.38. The van der Waals surface area contributed by atoms with Crippen LogP contribution in [0.2, 0.25) is 0 Å². The summed E-state index contributed by atoms with van der Waals surface area (Å²) in [5, 5.41) is 13.0. The molecule has 3 aromatic rings. The maximum atomic E-state index is 5.31. The highest BCUT2D eigenvalue weighted by atomic mass is 127. The summed E-state index contributed by atoms with van der Waals surface area (Å²) in [5.74, 6) is 1.76. The molecule has 7 heteroatoms. The molecule has 1 saturated heterocycles. The summed E-state index contributed by atoms with van der Waals surface area (Å²) >= 11 is 1.82. The Balaban J connectivity index is 0.00000256. The number of anilines is 1. The summed E-state index contributed by atoms with van der Waals surface area (Å²) in [4.78, 5) is 6.89. The number of aliphatic imine (C=N–C) groups is 1. The largest absolute Gasteiger partial charge is 0.497 e. The molecule has 0 aliphatic carbocycles. The van der Waals surface area contributed by atoms with Gasteiger partial charge in [-0.3, -0.25) is 4.99 Å². The van der Waals surface area contributed by atoms with Crippen molar-refractivity contribution in [2.75, 3.05) is 32.1 Å². The second-order valence-corrected chi connectivity index (χ2v) is 8.26. The highest BCUT2D eigenvalue weighted by molar-refractivity contribution is 14.0. The van der Waals surface area contributed by atoms with E-state index in [-0.39, 0.29) is 24.0 Å². The number of fused-ring (bicyclic) bond motifs is 1. The van der Waals surface area contributed by atoms with Crippen molar-refractivity contribution in [1.82, 2.24) is 10.6 Å². The summed E-state index contributed by atoms with van der Waals surface area (Å²) in [7, 11) is 3.53. The number of methoxy groups -OCH3 is 1. The second kappa shape index (κ2) is 10.9. The maximum Gasteiger partial charge on any atom is 0.191 e. The molecule has 0 radical (unpaired) electrons. The topological polar surface area (TPSA) is 48.9 Å². The minimum absolute atomic E-state index is 0. The Kier molecular flexibility index (Phi) is 8.21. The van der Waals surface area contributed by atoms with Crippen LogP contribution in [0.3, 0.4) is 0 Å². The van der Waals surface area contributed by atoms with Crippen molar-refractivity contribution in [1.29, 1.82) is 0 Å². The lowest BCUT2D eigenvalue weighted by Gasteiger charge is -2.33. The first-order valence-corrected chi connectivity index (χ1v) is 11.0. The molecule has 2 aromatic carbocycles. The number of hydrogen-bond donors (Lipinski definition) is 2. The van der Waals surface area contributed by atoms with Crippen LogP contribution in [0.15, 0.2) is 58.9 Å². The van der Waals surface area contributed by atoms with Gasteiger partial charge in [0.25, 0.3) is 0 Å². The van der Waals surface area contributed by atoms with Crippen LogP contribution in [-0.4, -0.2) is 39.2 Å². The van der Waals surface area contributed by atoms with Gasteiger partial charge in [0.15, 0.2) is 5.96 Å². The number of hydrogen-bond acceptors (Lipinski definition) is 4. The van der Waals surface area contributed by atoms with Gasteiger partial charge in [-0.2, -0.15) is 0 Å². The smallest absolute Gasteiger partial charge is 0.191 e. The fourth-order valence-electron chi connectivity index (χ4n) is 3.78. The van der Waals surface area contributed by atoms with E-state index >= 15 is 0 Å². The molecular weight excluding hydrogens is 507 g/mol. The van der Waals surface area contributed by atoms with Crippen LogP contribution in [-0.2, 0) is 6.54 Å². The highest BCUT2D eigenvalue weighted by Gasteiger charge is 2.20. The number of ether oxygens (including phenoxy) is 1. The van der Waals surface area contributed by atoms with E-state index in [1.54, 1.807) is 7.11 Å². The van der Waals surface area contributed by atoms with E-state index in [1.165, 1.54) is 21.3 Å². The number of guanidine groups is 1. The third-order valence-electron chi connectivity index (χ3n) is 5.45. The van der Waals surface area contributed by atoms with Crippen molar-refractivity contribution in [3.8, 4) is 5.75 Å². The molecule has 4 rings (SSSR count). The van der Waals surface area contributed by atoms with Gasteiger partial charge in [0.05, 0.1) is 12.1 Å². The molecule has 0 bridgehead atoms. The minimum atomic E-state index is 0. The van der Waals surface area contributed by atoms with Gasteiger partial charge in [0.1, 0.15) is 5.75 Å². The molecule has 2 heterocycles. The lowest BCUT2D eigenvalue weighted by molar-refractivity contribution is 0.415. The first kappa shape index (κ1) is 22.7. The first-order chi connectivity index (χ1) is 14.2. The van der Waals surface area contributed by atoms with Crippen LogP contribution >= 0.6 is 35.3 Å². The van der Waals surface area contributed by atoms with E-state index in [2.05, 4.69) is 68.4 Å². The zero-order valence-corrected chi connectivity index (χ0v) is 20.6. The molecule has 2 N–H and O–H groups in total. The molecule has 1 aliphatic rings. The maximum absolute atomic E-state index is 5.31. The Morgan fingerprint density at radius 2 is 1.90 bits per heavy atom. The Morgan fingerprint density at radius 1 is 1.13 bits per heavy atom. The van der Waals surface area contributed by atoms with Crippen LogP contribution in [0.5, 0.6) is 5.75 Å². The van der Waals surface area contributed by atoms with Crippen molar-refractivity contribution in [2.45, 2.75) is 25.4 Å². The number of piperidine rings is 1. The molecule has 30 heavy (non-hydrogen) atoms. The van der Waals surface area contributed by atoms with Gasteiger partial charge in [-0.25, -0.2) is 0 Å². The van der Waals surface area contributed by atoms with E-state index in [0.717, 1.165) is 44.2 Å². The average molecular weight is 536 g/mol. The summed E-state index contributed by atoms with van der Waals surface area (Å²) in [6.45, 7) is 2.92. The molecule has 0 saturated carbocycles. The van der Waals surface area contributed by atoms with Crippen LogP contribution in [0.25, 0.3) is 10.8 Å². The molecule has 1 aliphatic heterocycles. The number of thiophene rings is 1. The Labute approximate surface area is 199 Å². The van der Waals surface area contributed by atoms with Crippen molar-refractivity contribution in [3.05, 3.63) is 59.5 Å². The van der Waals surface area contributed by atoms with Gasteiger partial charge in [-0.05, 0) is 64.9 Å². The molecule has 0 spiro atoms. The molecule has 5 nitrogen and oxygen atoms in total. The lowest BCUT2D eigenvalue weighted by atomic mass is 10.1. The minimum Gasteiger partial charge on any atom is -0.497 e. The van der Waals surface area contributed by atoms with Crippen LogP contribution in [0.1, 0.15) is 18.4 Å². The summed E-state index contributed by atoms with van der Waals surface area (Å²) in [5.41, 5.74) is 1.23. The first-order valence-electron chi connectivity index (χ1n) is 10.1. The Hall–Kier alpha value is -2.00. The van der Waals surface area contributed by atoms with Gasteiger partial charge in [0, 0.05) is 32.7 Å². The van der Waals surface area contributed by atoms with E-state index in [1.807, 2.05) is 24.5 Å². The number of halogens is 1. The van der Waals surface area contributed by atoms with Crippen LogP contribution in [0.4, 0.5) is 5.00 Å². The molecule has 1 fully saturated rings. The zero-order valence-electron chi connectivity index (χ0n) is 17.4. The van der Waals surface area contributed by atoms with Crippen LogP contribution < -0.4 is 20.3 Å². The average Bonchev–Trinajstić information content (AvgIpc) is 3.31. The molecule has 160 valence electrons. The summed E-state index contributed by atoms with van der Waals surface area (Å²) in [6.07, 6.45) is 2.24. The second-order valence-electron chi connectivity index (χ2n) is 7.33. The van der Waals surface area contributed by atoms with Crippen molar-refractivity contribution in [2.24, 2.45) is 4.99 Å². The van der Waals surface area contributed by atoms with E-state index in [9.17, 15) is 0 Å². The number of nitrogens with zero attached hydrogens (tertiary/aromatic N) is 2. The summed E-state index contributed by atoms with van der Waals surface area (Å²) < 4.78 is 5.31. The fourth-order valence-corrected chi connectivity index (χ4v) is 4.56. The Bertz CT molecular complexity index is 969. The van der Waals surface area contributed by atoms with Gasteiger partial charge in [-0.1, -0.05) is 18.2 Å². The van der Waals surface area contributed by atoms with Crippen molar-refractivity contribution < 1.29 is 4.74 Å². The number of benzene rings is 2. The van der Waals surface area contributed by atoms with Gasteiger partial charge in [0.2, 0.25) is 0 Å². The van der Waals surface area contributed by atoms with Gasteiger partial charge < -0.3 is 20.3 Å². The highest BCUT2D eigenvalue weighted by Crippen LogP contribution is 2.25. The number of nitrogens with one attached hydrogen (secondary N) is 2. The van der Waals surface area contributed by atoms with E-state index < -0.39 is 0 Å². The molecule has 0 atom stereocenters. The standard InChI is InChI=1S/C23H28N4OS.HI/c1-24-23(26-20-9-11-27(12-10-20)22-4-3-13-29-22)25-16-17-5-6-19-15-21(28-2)8-7-18(19)14-17;/h3-8,13-15,20H,9-12,16H2,1-2H3,(H2,24,25,26);1H. The van der Waals surface area contributed by atoms with Crippen molar-refractivity contribution in [3.63, 3.8) is 0 Å². The monoisotopic (exact) mass is 536 g/mol. The molecule has 0 amide bonds. The molecule has 0 unspecified atom stereocenters. The molecule has 1 aromatic heterocycles. The van der Waals surface area contributed by atoms with E-state index in [0.29, 0.717) is 6.04 Å². The lowest BCUT2D eigenvalue weighted by Crippen LogP contribution is -2.48. The predicted molar refractivity (Wildman–Crippen MR) is 139 cm³/mol. The normalized spacial score (nSPS) is 15.0. The predicted octanol–water partition coefficient (Wildman–Crippen LogP) is 4.86. The van der Waals surface area contributed by atoms with Crippen molar-refractivity contribution >= 4 is 57.0 Å². The van der Waals surface area contributed by atoms with E-state index in [4.69, 9.17) is 4.74 Å². The third kappa shape index (κ3) is 5.57. The molecular formula is C23H29IN4OS. The summed E-state index contributed by atoms with van der Waals surface area (Å²) in [6, 6.07) is 17.5. The fraction of sp³-hybridized carbons (Fsp3) is 0.348. The SMILES string of the molecule is CN=C(NCc1ccc2cc(OC)ccc2c1)NC1CCN(c2cccs2)CC1.I. The quantitative estimate of drug-likeness (QED) is 0.278. The van der Waals surface area contributed by atoms with Crippen LogP contribution in [0, 0.1) is 0 Å². The Morgan fingerprint density at radius 3 is 2.60 bits per heavy atom.